The zero-order chi connectivity index (χ0) is 22.5. The smallest absolute Gasteiger partial charge is 0.130 e. The summed E-state index contributed by atoms with van der Waals surface area (Å²) in [6.45, 7) is 2.16. The molecule has 0 nitrogen and oxygen atoms in total. The zero-order valence-electron chi connectivity index (χ0n) is 18.5. The molecule has 0 aromatic heterocycles. The van der Waals surface area contributed by atoms with Crippen LogP contribution in [0.3, 0.4) is 0 Å². The molecular weight excluding hydrogens is 410 g/mol. The van der Waals surface area contributed by atoms with E-state index in [1.165, 1.54) is 39.6 Å². The molecule has 2 aliphatic rings. The van der Waals surface area contributed by atoms with Crippen LogP contribution < -0.4 is 10.4 Å². The predicted molar refractivity (Wildman–Crippen MR) is 129 cm³/mol. The van der Waals surface area contributed by atoms with Gasteiger partial charge in [-0.25, -0.2) is 8.78 Å². The van der Waals surface area contributed by atoms with E-state index in [0.29, 0.717) is 10.8 Å². The van der Waals surface area contributed by atoms with Crippen LogP contribution in [0.4, 0.5) is 8.78 Å². The maximum absolute atomic E-state index is 15.1. The highest BCUT2D eigenvalue weighted by Crippen LogP contribution is 2.35. The minimum absolute atomic E-state index is 0.249. The lowest BCUT2D eigenvalue weighted by Gasteiger charge is -2.26. The van der Waals surface area contributed by atoms with Gasteiger partial charge in [-0.05, 0) is 87.4 Å². The molecule has 0 N–H and O–H groups in total. The number of hydrogen-bond acceptors (Lipinski definition) is 0. The highest BCUT2D eigenvalue weighted by Gasteiger charge is 2.26. The Bertz CT molecular complexity index is 1630. The molecule has 0 radical (unpaired) electrons. The summed E-state index contributed by atoms with van der Waals surface area (Å²) in [6, 6.07) is 25.0. The van der Waals surface area contributed by atoms with Gasteiger partial charge < -0.3 is 0 Å². The summed E-state index contributed by atoms with van der Waals surface area (Å²) in [6.07, 6.45) is 4.94. The molecule has 0 heterocycles. The van der Waals surface area contributed by atoms with Crippen LogP contribution >= 0.6 is 0 Å². The Kier molecular flexibility index (Phi) is 4.76. The number of rotatable bonds is 2. The third-order valence-corrected chi connectivity index (χ3v) is 7.23. The second-order valence-electron chi connectivity index (χ2n) is 9.07. The average molecular weight is 435 g/mol. The van der Waals surface area contributed by atoms with Crippen LogP contribution in [-0.2, 0) is 6.42 Å². The van der Waals surface area contributed by atoms with Crippen molar-refractivity contribution in [1.29, 1.82) is 0 Å². The molecule has 0 saturated carbocycles. The molecule has 6 rings (SSSR count). The molecule has 2 aliphatic carbocycles. The molecule has 0 amide bonds. The highest BCUT2D eigenvalue weighted by molar-refractivity contribution is 5.71. The maximum Gasteiger partial charge on any atom is 0.130 e. The summed E-state index contributed by atoms with van der Waals surface area (Å²) in [5.41, 5.74) is 6.91. The Labute approximate surface area is 191 Å². The minimum atomic E-state index is -0.322. The molecule has 0 fully saturated rings. The standard InChI is InChI=1S/C31H24F2/c1-19-8-2-3-9-20(19)21-11-6-13-25-23(21)16-17-26-22-12-7-15-30(33)27(22)18-28(31(25)26)24-10-4-5-14-29(24)32/h2-5,7-10,12,14-18,28H,6,11,13H2,1H3. The lowest BCUT2D eigenvalue weighted by molar-refractivity contribution is 0.605. The number of aryl methyl sites for hydroxylation is 1. The van der Waals surface area contributed by atoms with Crippen LogP contribution in [0.5, 0.6) is 0 Å². The second kappa shape index (κ2) is 7.81. The highest BCUT2D eigenvalue weighted by atomic mass is 19.1. The largest absolute Gasteiger partial charge is 0.207 e. The Hall–Kier alpha value is -3.52. The molecule has 1 unspecified atom stereocenters. The van der Waals surface area contributed by atoms with E-state index >= 15 is 4.39 Å². The van der Waals surface area contributed by atoms with Gasteiger partial charge in [0.1, 0.15) is 11.6 Å². The van der Waals surface area contributed by atoms with Gasteiger partial charge in [0.05, 0.1) is 0 Å². The molecule has 162 valence electrons. The molecule has 0 saturated heterocycles. The van der Waals surface area contributed by atoms with Gasteiger partial charge in [0.15, 0.2) is 0 Å². The lowest BCUT2D eigenvalue weighted by atomic mass is 9.77. The first-order valence-electron chi connectivity index (χ1n) is 11.6. The molecule has 2 heteroatoms. The first kappa shape index (κ1) is 20.1. The quantitative estimate of drug-likeness (QED) is 0.362. The topological polar surface area (TPSA) is 0 Å². The number of fused-ring (bicyclic) bond motifs is 4. The molecule has 0 aliphatic heterocycles. The maximum atomic E-state index is 15.1. The lowest BCUT2D eigenvalue weighted by Crippen LogP contribution is -2.26. The van der Waals surface area contributed by atoms with Gasteiger partial charge >= 0.3 is 0 Å². The van der Waals surface area contributed by atoms with E-state index in [-0.39, 0.29) is 17.6 Å². The number of benzene rings is 4. The van der Waals surface area contributed by atoms with E-state index in [4.69, 9.17) is 0 Å². The van der Waals surface area contributed by atoms with Gasteiger partial charge in [-0.15, -0.1) is 0 Å². The van der Waals surface area contributed by atoms with E-state index < -0.39 is 0 Å². The Morgan fingerprint density at radius 1 is 0.697 bits per heavy atom. The van der Waals surface area contributed by atoms with Crippen molar-refractivity contribution in [2.24, 2.45) is 0 Å². The van der Waals surface area contributed by atoms with Crippen LogP contribution in [0.15, 0.2) is 78.9 Å². The van der Waals surface area contributed by atoms with E-state index in [1.54, 1.807) is 12.1 Å². The van der Waals surface area contributed by atoms with Crippen molar-refractivity contribution in [3.05, 3.63) is 139 Å². The van der Waals surface area contributed by atoms with Crippen LogP contribution in [0, 0.1) is 29.0 Å². The fraction of sp³-hybridized carbons (Fsp3) is 0.161. The van der Waals surface area contributed by atoms with Crippen molar-refractivity contribution >= 4 is 11.6 Å². The third kappa shape index (κ3) is 3.16. The van der Waals surface area contributed by atoms with Gasteiger partial charge in [-0.3, -0.25) is 0 Å². The molecule has 0 bridgehead atoms. The van der Waals surface area contributed by atoms with Gasteiger partial charge in [0.25, 0.3) is 0 Å². The Balaban J connectivity index is 1.78. The Morgan fingerprint density at radius 3 is 2.30 bits per heavy atom. The zero-order valence-corrected chi connectivity index (χ0v) is 18.5. The summed E-state index contributed by atoms with van der Waals surface area (Å²) in [7, 11) is 0. The number of hydrogen-bond donors (Lipinski definition) is 0. The van der Waals surface area contributed by atoms with Crippen molar-refractivity contribution in [2.75, 3.05) is 0 Å². The molecule has 4 aromatic carbocycles. The normalized spacial score (nSPS) is 16.5. The van der Waals surface area contributed by atoms with E-state index in [2.05, 4.69) is 43.3 Å². The molecule has 4 aromatic rings. The summed E-state index contributed by atoms with van der Waals surface area (Å²) < 4.78 is 29.9. The Morgan fingerprint density at radius 2 is 1.45 bits per heavy atom. The fourth-order valence-corrected chi connectivity index (χ4v) is 5.74. The molecule has 1 atom stereocenters. The average Bonchev–Trinajstić information content (AvgIpc) is 2.84. The second-order valence-corrected chi connectivity index (χ2v) is 9.07. The van der Waals surface area contributed by atoms with Crippen molar-refractivity contribution in [1.82, 2.24) is 0 Å². The van der Waals surface area contributed by atoms with Gasteiger partial charge in [0.2, 0.25) is 0 Å². The van der Waals surface area contributed by atoms with Gasteiger partial charge in [-0.1, -0.05) is 72.8 Å². The van der Waals surface area contributed by atoms with Crippen molar-refractivity contribution in [2.45, 2.75) is 32.1 Å². The van der Waals surface area contributed by atoms with E-state index in [1.807, 2.05) is 24.3 Å². The molecule has 33 heavy (non-hydrogen) atoms. The van der Waals surface area contributed by atoms with Crippen molar-refractivity contribution < 1.29 is 8.78 Å². The van der Waals surface area contributed by atoms with Crippen molar-refractivity contribution in [3.63, 3.8) is 0 Å². The summed E-state index contributed by atoms with van der Waals surface area (Å²) in [4.78, 5) is 0. The van der Waals surface area contributed by atoms with Gasteiger partial charge in [-0.2, -0.15) is 0 Å². The third-order valence-electron chi connectivity index (χ3n) is 7.23. The van der Waals surface area contributed by atoms with Crippen LogP contribution in [0.2, 0.25) is 0 Å². The summed E-state index contributed by atoms with van der Waals surface area (Å²) >= 11 is 0. The van der Waals surface area contributed by atoms with Gasteiger partial charge in [0, 0.05) is 11.1 Å². The number of halogens is 2. The monoisotopic (exact) mass is 434 g/mol. The van der Waals surface area contributed by atoms with Crippen LogP contribution in [0.25, 0.3) is 11.6 Å². The molecule has 0 spiro atoms. The summed E-state index contributed by atoms with van der Waals surface area (Å²) in [5, 5.41) is 3.73. The molecular formula is C31H24F2. The van der Waals surface area contributed by atoms with Crippen LogP contribution in [0.1, 0.15) is 46.6 Å². The first-order chi connectivity index (χ1) is 16.1. The SMILES string of the molecule is Cc1ccccc1C1=c2ccc3c(c2CCC1)C(c1ccccc1F)C=c1c(F)cccc1=3. The fourth-order valence-electron chi connectivity index (χ4n) is 5.74. The van der Waals surface area contributed by atoms with Crippen molar-refractivity contribution in [3.8, 4) is 0 Å². The van der Waals surface area contributed by atoms with Crippen LogP contribution in [-0.4, -0.2) is 0 Å². The van der Waals surface area contributed by atoms with E-state index in [9.17, 15) is 4.39 Å². The first-order valence-corrected chi connectivity index (χ1v) is 11.6. The predicted octanol–water partition coefficient (Wildman–Crippen LogP) is 6.02. The van der Waals surface area contributed by atoms with E-state index in [0.717, 1.165) is 35.3 Å². The summed E-state index contributed by atoms with van der Waals surface area (Å²) in [5.74, 6) is -0.831. The minimum Gasteiger partial charge on any atom is -0.207 e.